The van der Waals surface area contributed by atoms with Crippen LogP contribution in [-0.4, -0.2) is 5.11 Å². The lowest BCUT2D eigenvalue weighted by Crippen LogP contribution is -2.00. The van der Waals surface area contributed by atoms with Gasteiger partial charge in [0.15, 0.2) is 0 Å². The maximum absolute atomic E-state index is 13.2. The third-order valence-electron chi connectivity index (χ3n) is 3.35. The normalized spacial score (nSPS) is 12.6. The molecular weight excluding hydrogens is 319 g/mol. The Morgan fingerprint density at radius 3 is 2.25 bits per heavy atom. The second-order valence-corrected chi connectivity index (χ2v) is 5.54. The number of fused-ring (bicyclic) bond motifs is 1. The molecule has 3 heteroatoms. The van der Waals surface area contributed by atoms with Gasteiger partial charge in [-0.2, -0.15) is 0 Å². The monoisotopic (exact) mass is 330 g/mol. The number of rotatable bonds is 2. The van der Waals surface area contributed by atoms with Crippen molar-refractivity contribution in [2.75, 3.05) is 0 Å². The molecule has 0 saturated carbocycles. The molecule has 1 unspecified atom stereocenters. The second kappa shape index (κ2) is 5.35. The zero-order chi connectivity index (χ0) is 14.1. The van der Waals surface area contributed by atoms with E-state index in [1.165, 1.54) is 6.07 Å². The van der Waals surface area contributed by atoms with Crippen LogP contribution in [0.1, 0.15) is 17.2 Å². The molecule has 0 aliphatic rings. The number of benzene rings is 3. The second-order valence-electron chi connectivity index (χ2n) is 4.68. The molecule has 3 aromatic rings. The smallest absolute Gasteiger partial charge is 0.137 e. The minimum atomic E-state index is -0.767. The van der Waals surface area contributed by atoms with Gasteiger partial charge in [0.1, 0.15) is 11.9 Å². The van der Waals surface area contributed by atoms with Gasteiger partial charge >= 0.3 is 0 Å². The predicted molar refractivity (Wildman–Crippen MR) is 82.1 cm³/mol. The van der Waals surface area contributed by atoms with Crippen LogP contribution in [0.3, 0.4) is 0 Å². The SMILES string of the molecule is OC(c1ccc(F)c(Br)c1)c1ccc2ccccc2c1. The van der Waals surface area contributed by atoms with Crippen LogP contribution in [-0.2, 0) is 0 Å². The molecule has 0 spiro atoms. The van der Waals surface area contributed by atoms with Crippen molar-refractivity contribution < 1.29 is 9.50 Å². The average Bonchev–Trinajstić information content (AvgIpc) is 2.49. The summed E-state index contributed by atoms with van der Waals surface area (Å²) in [5, 5.41) is 12.6. The van der Waals surface area contributed by atoms with E-state index < -0.39 is 6.10 Å². The van der Waals surface area contributed by atoms with Crippen LogP contribution in [0, 0.1) is 5.82 Å². The van der Waals surface area contributed by atoms with E-state index in [4.69, 9.17) is 0 Å². The predicted octanol–water partition coefficient (Wildman–Crippen LogP) is 4.82. The van der Waals surface area contributed by atoms with Crippen LogP contribution in [0.15, 0.2) is 65.1 Å². The Kier molecular flexibility index (Phi) is 3.55. The number of halogens is 2. The largest absolute Gasteiger partial charge is 0.384 e. The molecule has 0 saturated heterocycles. The van der Waals surface area contributed by atoms with Gasteiger partial charge in [0.2, 0.25) is 0 Å². The Hall–Kier alpha value is -1.71. The lowest BCUT2D eigenvalue weighted by atomic mass is 9.98. The number of aliphatic hydroxyl groups excluding tert-OH is 1. The average molecular weight is 331 g/mol. The standard InChI is InChI=1S/C17H12BrFO/c18-15-10-14(7-8-16(15)19)17(20)13-6-5-11-3-1-2-4-12(11)9-13/h1-10,17,20H. The highest BCUT2D eigenvalue weighted by molar-refractivity contribution is 9.10. The molecule has 0 radical (unpaired) electrons. The van der Waals surface area contributed by atoms with Crippen molar-refractivity contribution in [2.45, 2.75) is 6.10 Å². The molecule has 1 atom stereocenters. The summed E-state index contributed by atoms with van der Waals surface area (Å²) >= 11 is 3.14. The zero-order valence-corrected chi connectivity index (χ0v) is 12.1. The fraction of sp³-hybridized carbons (Fsp3) is 0.0588. The Balaban J connectivity index is 2.02. The van der Waals surface area contributed by atoms with Gasteiger partial charge < -0.3 is 5.11 Å². The maximum atomic E-state index is 13.2. The highest BCUT2D eigenvalue weighted by Gasteiger charge is 2.12. The Labute approximate surface area is 124 Å². The fourth-order valence-electron chi connectivity index (χ4n) is 2.25. The van der Waals surface area contributed by atoms with Crippen molar-refractivity contribution in [2.24, 2.45) is 0 Å². The van der Waals surface area contributed by atoms with Gasteiger partial charge in [-0.15, -0.1) is 0 Å². The highest BCUT2D eigenvalue weighted by Crippen LogP contribution is 2.28. The van der Waals surface area contributed by atoms with E-state index in [0.29, 0.717) is 10.0 Å². The summed E-state index contributed by atoms with van der Waals surface area (Å²) in [7, 11) is 0. The Bertz CT molecular complexity index is 770. The van der Waals surface area contributed by atoms with Gasteiger partial charge in [0.25, 0.3) is 0 Å². The van der Waals surface area contributed by atoms with Crippen molar-refractivity contribution >= 4 is 26.7 Å². The molecule has 0 aliphatic heterocycles. The lowest BCUT2D eigenvalue weighted by molar-refractivity contribution is 0.220. The molecule has 1 nitrogen and oxygen atoms in total. The van der Waals surface area contributed by atoms with Crippen LogP contribution in [0.2, 0.25) is 0 Å². The first kappa shape index (κ1) is 13.3. The summed E-state index contributed by atoms with van der Waals surface area (Å²) < 4.78 is 13.6. The topological polar surface area (TPSA) is 20.2 Å². The van der Waals surface area contributed by atoms with Gasteiger partial charge in [-0.05, 0) is 56.0 Å². The van der Waals surface area contributed by atoms with Gasteiger partial charge in [-0.3, -0.25) is 0 Å². The highest BCUT2D eigenvalue weighted by atomic mass is 79.9. The molecule has 0 amide bonds. The first-order valence-corrected chi connectivity index (χ1v) is 7.06. The van der Waals surface area contributed by atoms with E-state index in [1.807, 2.05) is 42.5 Å². The van der Waals surface area contributed by atoms with Crippen LogP contribution in [0.25, 0.3) is 10.8 Å². The van der Waals surface area contributed by atoms with Crippen LogP contribution >= 0.6 is 15.9 Å². The Morgan fingerprint density at radius 1 is 0.850 bits per heavy atom. The molecule has 20 heavy (non-hydrogen) atoms. The van der Waals surface area contributed by atoms with Crippen LogP contribution < -0.4 is 0 Å². The van der Waals surface area contributed by atoms with Crippen molar-refractivity contribution in [1.82, 2.24) is 0 Å². The van der Waals surface area contributed by atoms with Gasteiger partial charge in [0, 0.05) is 0 Å². The van der Waals surface area contributed by atoms with Gasteiger partial charge in [0.05, 0.1) is 4.47 Å². The molecule has 3 rings (SSSR count). The first-order chi connectivity index (χ1) is 9.65. The minimum absolute atomic E-state index is 0.334. The van der Waals surface area contributed by atoms with E-state index in [2.05, 4.69) is 15.9 Å². The van der Waals surface area contributed by atoms with Crippen LogP contribution in [0.5, 0.6) is 0 Å². The molecule has 0 aromatic heterocycles. The van der Waals surface area contributed by atoms with E-state index in [1.54, 1.807) is 12.1 Å². The third-order valence-corrected chi connectivity index (χ3v) is 3.96. The van der Waals surface area contributed by atoms with E-state index in [-0.39, 0.29) is 5.82 Å². The number of hydrogen-bond donors (Lipinski definition) is 1. The first-order valence-electron chi connectivity index (χ1n) is 6.27. The van der Waals surface area contributed by atoms with Crippen molar-refractivity contribution in [3.05, 3.63) is 82.1 Å². The van der Waals surface area contributed by atoms with Crippen LogP contribution in [0.4, 0.5) is 4.39 Å². The molecule has 100 valence electrons. The molecular formula is C17H12BrFO. The van der Waals surface area contributed by atoms with E-state index >= 15 is 0 Å². The lowest BCUT2D eigenvalue weighted by Gasteiger charge is -2.13. The van der Waals surface area contributed by atoms with Crippen molar-refractivity contribution in [1.29, 1.82) is 0 Å². The Morgan fingerprint density at radius 2 is 1.50 bits per heavy atom. The molecule has 1 N–H and O–H groups in total. The molecule has 0 fully saturated rings. The van der Waals surface area contributed by atoms with E-state index in [9.17, 15) is 9.50 Å². The van der Waals surface area contributed by atoms with Gasteiger partial charge in [-0.25, -0.2) is 4.39 Å². The minimum Gasteiger partial charge on any atom is -0.384 e. The molecule has 0 heterocycles. The van der Waals surface area contributed by atoms with Gasteiger partial charge in [-0.1, -0.05) is 42.5 Å². The quantitative estimate of drug-likeness (QED) is 0.714. The molecule has 3 aromatic carbocycles. The van der Waals surface area contributed by atoms with E-state index in [0.717, 1.165) is 16.3 Å². The summed E-state index contributed by atoms with van der Waals surface area (Å²) in [5.74, 6) is -0.334. The third kappa shape index (κ3) is 2.47. The number of aliphatic hydroxyl groups is 1. The zero-order valence-electron chi connectivity index (χ0n) is 10.6. The van der Waals surface area contributed by atoms with Crippen molar-refractivity contribution in [3.8, 4) is 0 Å². The molecule has 0 aliphatic carbocycles. The summed E-state index contributed by atoms with van der Waals surface area (Å²) in [5.41, 5.74) is 1.45. The fourth-order valence-corrected chi connectivity index (χ4v) is 2.65. The number of hydrogen-bond acceptors (Lipinski definition) is 1. The summed E-state index contributed by atoms with van der Waals surface area (Å²) in [6.45, 7) is 0. The molecule has 0 bridgehead atoms. The summed E-state index contributed by atoms with van der Waals surface area (Å²) in [4.78, 5) is 0. The summed E-state index contributed by atoms with van der Waals surface area (Å²) in [6.07, 6.45) is -0.767. The van der Waals surface area contributed by atoms with Crippen molar-refractivity contribution in [3.63, 3.8) is 0 Å². The summed E-state index contributed by atoms with van der Waals surface area (Å²) in [6, 6.07) is 18.4. The maximum Gasteiger partial charge on any atom is 0.137 e.